The van der Waals surface area contributed by atoms with Crippen molar-refractivity contribution < 1.29 is 24.1 Å². The third kappa shape index (κ3) is 4.62. The van der Waals surface area contributed by atoms with Gasteiger partial charge in [-0.25, -0.2) is 9.78 Å². The zero-order valence-electron chi connectivity index (χ0n) is 22.4. The van der Waals surface area contributed by atoms with Gasteiger partial charge in [-0.1, -0.05) is 24.3 Å². The number of hydrogen-bond donors (Lipinski definition) is 1. The number of aromatic nitrogens is 3. The molecule has 1 saturated heterocycles. The van der Waals surface area contributed by atoms with Crippen LogP contribution >= 0.6 is 0 Å². The summed E-state index contributed by atoms with van der Waals surface area (Å²) in [6, 6.07) is 10.6. The smallest absolute Gasteiger partial charge is 0.342 e. The van der Waals surface area contributed by atoms with E-state index in [1.54, 1.807) is 6.07 Å². The Hall–Kier alpha value is -3.95. The van der Waals surface area contributed by atoms with Crippen LogP contribution in [0.2, 0.25) is 0 Å². The molecular weight excluding hydrogens is 496 g/mol. The van der Waals surface area contributed by atoms with Crippen molar-refractivity contribution in [3.05, 3.63) is 87.4 Å². The number of carboxylic acids is 1. The van der Waals surface area contributed by atoms with Crippen LogP contribution in [0, 0.1) is 6.92 Å². The van der Waals surface area contributed by atoms with E-state index in [-0.39, 0.29) is 11.4 Å². The van der Waals surface area contributed by atoms with Crippen LogP contribution in [0.4, 0.5) is 0 Å². The number of rotatable bonds is 8. The first-order chi connectivity index (χ1) is 18.9. The van der Waals surface area contributed by atoms with Crippen LogP contribution < -0.4 is 4.74 Å². The SMILES string of the molecule is COc1c(C(=O)O)cnn1-c1cccc(C2=CCCC(C)=C2OCc2ccc3c(c2C)CN(C2COC2)C3)n1. The molecule has 202 valence electrons. The van der Waals surface area contributed by atoms with Crippen LogP contribution in [0.3, 0.4) is 0 Å². The number of allylic oxidation sites excluding steroid dienone is 3. The van der Waals surface area contributed by atoms with Crippen molar-refractivity contribution in [2.75, 3.05) is 20.3 Å². The number of fused-ring (bicyclic) bond motifs is 1. The fraction of sp³-hybridized carbons (Fsp3) is 0.367. The number of pyridine rings is 1. The molecule has 1 aliphatic carbocycles. The van der Waals surface area contributed by atoms with E-state index in [2.05, 4.69) is 42.1 Å². The molecule has 0 spiro atoms. The van der Waals surface area contributed by atoms with Crippen LogP contribution in [-0.2, 0) is 29.2 Å². The fourth-order valence-corrected chi connectivity index (χ4v) is 5.53. The highest BCUT2D eigenvalue weighted by atomic mass is 16.5. The number of carbonyl (C=O) groups is 1. The van der Waals surface area contributed by atoms with Gasteiger partial charge in [0.15, 0.2) is 5.82 Å². The Balaban J connectivity index is 1.24. The molecule has 0 bridgehead atoms. The van der Waals surface area contributed by atoms with Gasteiger partial charge < -0.3 is 19.3 Å². The van der Waals surface area contributed by atoms with Crippen molar-refractivity contribution in [2.24, 2.45) is 0 Å². The summed E-state index contributed by atoms with van der Waals surface area (Å²) in [5, 5.41) is 13.7. The minimum absolute atomic E-state index is 0.0183. The van der Waals surface area contributed by atoms with E-state index < -0.39 is 5.97 Å². The molecule has 0 radical (unpaired) electrons. The molecule has 1 fully saturated rings. The first kappa shape index (κ1) is 25.3. The lowest BCUT2D eigenvalue weighted by atomic mass is 9.95. The van der Waals surface area contributed by atoms with E-state index in [9.17, 15) is 9.90 Å². The molecule has 9 nitrogen and oxygen atoms in total. The predicted octanol–water partition coefficient (Wildman–Crippen LogP) is 4.66. The summed E-state index contributed by atoms with van der Waals surface area (Å²) in [5.74, 6) is 0.336. The Kier molecular flexibility index (Phi) is 6.70. The minimum atomic E-state index is -1.11. The molecule has 2 aliphatic heterocycles. The van der Waals surface area contributed by atoms with Gasteiger partial charge in [0, 0.05) is 18.7 Å². The third-order valence-corrected chi connectivity index (χ3v) is 7.93. The summed E-state index contributed by atoms with van der Waals surface area (Å²) in [6.45, 7) is 8.39. The number of benzene rings is 1. The number of hydrogen-bond acceptors (Lipinski definition) is 7. The molecule has 9 heteroatoms. The summed E-state index contributed by atoms with van der Waals surface area (Å²) in [5.41, 5.74) is 8.13. The van der Waals surface area contributed by atoms with Gasteiger partial charge in [0.25, 0.3) is 0 Å². The van der Waals surface area contributed by atoms with Gasteiger partial charge in [0.05, 0.1) is 38.3 Å². The largest absolute Gasteiger partial charge is 0.488 e. The summed E-state index contributed by atoms with van der Waals surface area (Å²) in [7, 11) is 1.42. The van der Waals surface area contributed by atoms with Crippen molar-refractivity contribution in [1.82, 2.24) is 19.7 Å². The first-order valence-electron chi connectivity index (χ1n) is 13.2. The summed E-state index contributed by atoms with van der Waals surface area (Å²) in [4.78, 5) is 18.9. The molecule has 0 saturated carbocycles. The highest BCUT2D eigenvalue weighted by Crippen LogP contribution is 2.35. The normalized spacial score (nSPS) is 17.6. The van der Waals surface area contributed by atoms with Crippen molar-refractivity contribution in [3.8, 4) is 11.7 Å². The lowest BCUT2D eigenvalue weighted by Gasteiger charge is -2.34. The fourth-order valence-electron chi connectivity index (χ4n) is 5.53. The maximum atomic E-state index is 11.6. The van der Waals surface area contributed by atoms with E-state index >= 15 is 0 Å². The first-order valence-corrected chi connectivity index (χ1v) is 13.2. The van der Waals surface area contributed by atoms with Gasteiger partial charge in [-0.2, -0.15) is 9.78 Å². The Morgan fingerprint density at radius 2 is 2.03 bits per heavy atom. The van der Waals surface area contributed by atoms with Crippen LogP contribution in [0.25, 0.3) is 11.4 Å². The number of ether oxygens (including phenoxy) is 3. The van der Waals surface area contributed by atoms with Gasteiger partial charge in [0.1, 0.15) is 17.9 Å². The highest BCUT2D eigenvalue weighted by Gasteiger charge is 2.32. The Bertz CT molecular complexity index is 1500. The second kappa shape index (κ2) is 10.3. The molecular formula is C30H32N4O5. The van der Waals surface area contributed by atoms with Gasteiger partial charge in [-0.3, -0.25) is 4.90 Å². The van der Waals surface area contributed by atoms with Crippen LogP contribution in [0.1, 0.15) is 58.1 Å². The van der Waals surface area contributed by atoms with Crippen molar-refractivity contribution in [2.45, 2.75) is 52.4 Å². The second-order valence-electron chi connectivity index (χ2n) is 10.3. The third-order valence-electron chi connectivity index (χ3n) is 7.93. The molecule has 0 atom stereocenters. The molecule has 0 amide bonds. The van der Waals surface area contributed by atoms with Crippen LogP contribution in [0.15, 0.2) is 53.9 Å². The van der Waals surface area contributed by atoms with Crippen LogP contribution in [0.5, 0.6) is 5.88 Å². The lowest BCUT2D eigenvalue weighted by molar-refractivity contribution is -0.0670. The van der Waals surface area contributed by atoms with Gasteiger partial charge >= 0.3 is 5.97 Å². The summed E-state index contributed by atoms with van der Waals surface area (Å²) < 4.78 is 18.7. The minimum Gasteiger partial charge on any atom is -0.488 e. The quantitative estimate of drug-likeness (QED) is 0.451. The van der Waals surface area contributed by atoms with E-state index in [1.165, 1.54) is 45.8 Å². The maximum absolute atomic E-state index is 11.6. The van der Waals surface area contributed by atoms with E-state index in [4.69, 9.17) is 19.2 Å². The number of nitrogens with zero attached hydrogens (tertiary/aromatic N) is 4. The monoisotopic (exact) mass is 528 g/mol. The zero-order valence-corrected chi connectivity index (χ0v) is 22.4. The van der Waals surface area contributed by atoms with Gasteiger partial charge in [0.2, 0.25) is 5.88 Å². The van der Waals surface area contributed by atoms with Gasteiger partial charge in [-0.05, 0) is 66.6 Å². The Morgan fingerprint density at radius 1 is 1.18 bits per heavy atom. The molecule has 3 aromatic rings. The Labute approximate surface area is 227 Å². The van der Waals surface area contributed by atoms with Crippen LogP contribution in [-0.4, -0.2) is 57.1 Å². The number of carboxylic acid groups (broad SMARTS) is 1. The zero-order chi connectivity index (χ0) is 27.1. The van der Waals surface area contributed by atoms with E-state index in [0.717, 1.165) is 56.2 Å². The Morgan fingerprint density at radius 3 is 2.77 bits per heavy atom. The highest BCUT2D eigenvalue weighted by molar-refractivity contribution is 5.90. The average Bonchev–Trinajstić information content (AvgIpc) is 3.53. The maximum Gasteiger partial charge on any atom is 0.342 e. The van der Waals surface area contributed by atoms with E-state index in [1.807, 2.05) is 12.1 Å². The molecule has 2 aromatic heterocycles. The average molecular weight is 529 g/mol. The molecule has 1 N–H and O–H groups in total. The summed E-state index contributed by atoms with van der Waals surface area (Å²) in [6.07, 6.45) is 5.25. The second-order valence-corrected chi connectivity index (χ2v) is 10.3. The standard InChI is InChI=1S/C30H32N4O5/c1-18-6-4-7-23(26-8-5-9-27(32-26)34-29(37-3)24(12-31-34)30(35)36)28(18)39-15-21-11-10-20-13-33(22-16-38-17-22)14-25(20)19(21)2/h5,7-12,22H,4,6,13-17H2,1-3H3,(H,35,36). The molecule has 1 aromatic carbocycles. The molecule has 4 heterocycles. The van der Waals surface area contributed by atoms with Gasteiger partial charge in [-0.15, -0.1) is 0 Å². The number of aromatic carboxylic acids is 1. The summed E-state index contributed by atoms with van der Waals surface area (Å²) >= 11 is 0. The molecule has 39 heavy (non-hydrogen) atoms. The molecule has 0 unspecified atom stereocenters. The van der Waals surface area contributed by atoms with E-state index in [0.29, 0.717) is 18.5 Å². The molecule has 6 rings (SSSR count). The molecule has 3 aliphatic rings. The predicted molar refractivity (Wildman–Crippen MR) is 145 cm³/mol. The van der Waals surface area contributed by atoms with Crippen molar-refractivity contribution >= 4 is 11.5 Å². The van der Waals surface area contributed by atoms with Crippen molar-refractivity contribution in [1.29, 1.82) is 0 Å². The lowest BCUT2D eigenvalue weighted by Crippen LogP contribution is -2.46. The number of methoxy groups -OCH3 is 1. The topological polar surface area (TPSA) is 98.9 Å². The van der Waals surface area contributed by atoms with Crippen molar-refractivity contribution in [3.63, 3.8) is 0 Å².